The third kappa shape index (κ3) is 2.02. The second-order valence-electron chi connectivity index (χ2n) is 5.93. The molecule has 1 saturated carbocycles. The molecule has 2 nitrogen and oxygen atoms in total. The highest BCUT2D eigenvalue weighted by molar-refractivity contribution is 7.99. The summed E-state index contributed by atoms with van der Waals surface area (Å²) < 4.78 is 0. The van der Waals surface area contributed by atoms with E-state index >= 15 is 0 Å². The standard InChI is InChI=1S/C13H26N2S/c1-12(2)5-3-6-13(12,11-14)15-7-4-9-16-10-8-15/h3-11,14H2,1-2H3. The molecule has 1 aliphatic carbocycles. The Morgan fingerprint density at radius 2 is 1.94 bits per heavy atom. The Kier molecular flexibility index (Phi) is 3.87. The molecule has 1 saturated heterocycles. The highest BCUT2D eigenvalue weighted by atomic mass is 32.2. The maximum absolute atomic E-state index is 6.18. The van der Waals surface area contributed by atoms with Crippen molar-refractivity contribution in [3.8, 4) is 0 Å². The van der Waals surface area contributed by atoms with E-state index in [4.69, 9.17) is 5.73 Å². The second-order valence-corrected chi connectivity index (χ2v) is 7.15. The summed E-state index contributed by atoms with van der Waals surface area (Å²) in [6.07, 6.45) is 5.34. The van der Waals surface area contributed by atoms with Crippen LogP contribution < -0.4 is 5.73 Å². The van der Waals surface area contributed by atoms with Crippen LogP contribution in [-0.4, -0.2) is 41.6 Å². The normalized spacial score (nSPS) is 36.2. The van der Waals surface area contributed by atoms with Gasteiger partial charge in [0, 0.05) is 24.4 Å². The molecule has 2 aliphatic rings. The lowest BCUT2D eigenvalue weighted by Gasteiger charge is -2.49. The minimum Gasteiger partial charge on any atom is -0.329 e. The molecule has 1 atom stereocenters. The smallest absolute Gasteiger partial charge is 0.0382 e. The Labute approximate surface area is 104 Å². The van der Waals surface area contributed by atoms with E-state index in [2.05, 4.69) is 30.5 Å². The zero-order valence-electron chi connectivity index (χ0n) is 10.8. The predicted octanol–water partition coefficient (Wildman–Crippen LogP) is 2.33. The van der Waals surface area contributed by atoms with Gasteiger partial charge in [0.25, 0.3) is 0 Å². The zero-order chi connectivity index (χ0) is 11.6. The molecule has 0 aromatic carbocycles. The Morgan fingerprint density at radius 3 is 2.56 bits per heavy atom. The molecule has 0 aromatic rings. The summed E-state index contributed by atoms with van der Waals surface area (Å²) >= 11 is 2.11. The molecule has 0 bridgehead atoms. The number of nitrogens with two attached hydrogens (primary N) is 1. The van der Waals surface area contributed by atoms with Crippen LogP contribution in [0.2, 0.25) is 0 Å². The summed E-state index contributed by atoms with van der Waals surface area (Å²) in [6, 6.07) is 0. The fourth-order valence-electron chi connectivity index (χ4n) is 3.66. The van der Waals surface area contributed by atoms with Gasteiger partial charge in [-0.25, -0.2) is 0 Å². The molecule has 1 heterocycles. The van der Waals surface area contributed by atoms with Crippen LogP contribution in [0.4, 0.5) is 0 Å². The Balaban J connectivity index is 2.19. The van der Waals surface area contributed by atoms with Crippen LogP contribution in [0.3, 0.4) is 0 Å². The summed E-state index contributed by atoms with van der Waals surface area (Å²) in [5.41, 5.74) is 6.87. The number of hydrogen-bond acceptors (Lipinski definition) is 3. The monoisotopic (exact) mass is 242 g/mol. The lowest BCUT2D eigenvalue weighted by molar-refractivity contribution is 0.0186. The summed E-state index contributed by atoms with van der Waals surface area (Å²) in [5.74, 6) is 2.62. The third-order valence-electron chi connectivity index (χ3n) is 4.82. The SMILES string of the molecule is CC1(C)CCCC1(CN)N1CCCSCC1. The van der Waals surface area contributed by atoms with Crippen LogP contribution in [-0.2, 0) is 0 Å². The van der Waals surface area contributed by atoms with Gasteiger partial charge in [-0.1, -0.05) is 20.3 Å². The van der Waals surface area contributed by atoms with Crippen molar-refractivity contribution in [2.24, 2.45) is 11.1 Å². The van der Waals surface area contributed by atoms with Crippen LogP contribution in [0.15, 0.2) is 0 Å². The predicted molar refractivity (Wildman–Crippen MR) is 72.9 cm³/mol. The minimum atomic E-state index is 0.290. The van der Waals surface area contributed by atoms with Crippen molar-refractivity contribution in [1.82, 2.24) is 4.90 Å². The van der Waals surface area contributed by atoms with Gasteiger partial charge in [-0.05, 0) is 37.0 Å². The molecular weight excluding hydrogens is 216 g/mol. The van der Waals surface area contributed by atoms with Gasteiger partial charge in [-0.2, -0.15) is 11.8 Å². The van der Waals surface area contributed by atoms with Crippen molar-refractivity contribution in [2.45, 2.75) is 45.1 Å². The van der Waals surface area contributed by atoms with E-state index in [-0.39, 0.29) is 5.54 Å². The Morgan fingerprint density at radius 1 is 1.12 bits per heavy atom. The first kappa shape index (κ1) is 12.7. The van der Waals surface area contributed by atoms with Crippen LogP contribution in [0.1, 0.15) is 39.5 Å². The van der Waals surface area contributed by atoms with E-state index < -0.39 is 0 Å². The molecule has 16 heavy (non-hydrogen) atoms. The van der Waals surface area contributed by atoms with E-state index in [0.29, 0.717) is 5.41 Å². The van der Waals surface area contributed by atoms with Crippen LogP contribution >= 0.6 is 11.8 Å². The van der Waals surface area contributed by atoms with E-state index in [9.17, 15) is 0 Å². The molecule has 0 amide bonds. The number of nitrogens with zero attached hydrogens (tertiary/aromatic N) is 1. The maximum Gasteiger partial charge on any atom is 0.0382 e. The van der Waals surface area contributed by atoms with Crippen LogP contribution in [0.5, 0.6) is 0 Å². The van der Waals surface area contributed by atoms with Gasteiger partial charge in [0.2, 0.25) is 0 Å². The highest BCUT2D eigenvalue weighted by Gasteiger charge is 2.51. The number of thioether (sulfide) groups is 1. The Bertz CT molecular complexity index is 234. The molecule has 0 aromatic heterocycles. The third-order valence-corrected chi connectivity index (χ3v) is 5.87. The van der Waals surface area contributed by atoms with E-state index in [1.807, 2.05) is 0 Å². The van der Waals surface area contributed by atoms with Gasteiger partial charge in [0.15, 0.2) is 0 Å². The molecule has 0 radical (unpaired) electrons. The summed E-state index contributed by atoms with van der Waals surface area (Å²) in [4.78, 5) is 2.72. The van der Waals surface area contributed by atoms with Crippen molar-refractivity contribution in [3.05, 3.63) is 0 Å². The molecule has 1 unspecified atom stereocenters. The molecule has 2 rings (SSSR count). The first-order valence-electron chi connectivity index (χ1n) is 6.65. The van der Waals surface area contributed by atoms with E-state index in [0.717, 1.165) is 6.54 Å². The largest absolute Gasteiger partial charge is 0.329 e. The summed E-state index contributed by atoms with van der Waals surface area (Å²) in [5, 5.41) is 0. The quantitative estimate of drug-likeness (QED) is 0.806. The molecule has 94 valence electrons. The Hall–Kier alpha value is 0.270. The minimum absolute atomic E-state index is 0.290. The summed E-state index contributed by atoms with van der Waals surface area (Å²) in [7, 11) is 0. The maximum atomic E-state index is 6.18. The van der Waals surface area contributed by atoms with E-state index in [1.165, 1.54) is 50.3 Å². The molecule has 0 spiro atoms. The van der Waals surface area contributed by atoms with Gasteiger partial charge in [0.05, 0.1) is 0 Å². The van der Waals surface area contributed by atoms with Crippen molar-refractivity contribution >= 4 is 11.8 Å². The van der Waals surface area contributed by atoms with Crippen molar-refractivity contribution in [3.63, 3.8) is 0 Å². The number of hydrogen-bond donors (Lipinski definition) is 1. The van der Waals surface area contributed by atoms with Crippen molar-refractivity contribution in [2.75, 3.05) is 31.1 Å². The highest BCUT2D eigenvalue weighted by Crippen LogP contribution is 2.49. The number of rotatable bonds is 2. The van der Waals surface area contributed by atoms with Crippen LogP contribution in [0.25, 0.3) is 0 Å². The van der Waals surface area contributed by atoms with Gasteiger partial charge in [0.1, 0.15) is 0 Å². The first-order valence-corrected chi connectivity index (χ1v) is 7.81. The van der Waals surface area contributed by atoms with Crippen LogP contribution in [0, 0.1) is 5.41 Å². The zero-order valence-corrected chi connectivity index (χ0v) is 11.6. The molecule has 2 N–H and O–H groups in total. The molecular formula is C13H26N2S. The topological polar surface area (TPSA) is 29.3 Å². The van der Waals surface area contributed by atoms with Crippen molar-refractivity contribution < 1.29 is 0 Å². The average molecular weight is 242 g/mol. The molecule has 2 fully saturated rings. The first-order chi connectivity index (χ1) is 7.62. The van der Waals surface area contributed by atoms with Gasteiger partial charge in [-0.3, -0.25) is 4.90 Å². The van der Waals surface area contributed by atoms with Gasteiger partial charge in [-0.15, -0.1) is 0 Å². The lowest BCUT2D eigenvalue weighted by atomic mass is 9.73. The van der Waals surface area contributed by atoms with Gasteiger partial charge >= 0.3 is 0 Å². The lowest BCUT2D eigenvalue weighted by Crippen LogP contribution is -2.60. The molecule has 3 heteroatoms. The fourth-order valence-corrected chi connectivity index (χ4v) is 4.55. The van der Waals surface area contributed by atoms with Gasteiger partial charge < -0.3 is 5.73 Å². The van der Waals surface area contributed by atoms with Crippen molar-refractivity contribution in [1.29, 1.82) is 0 Å². The average Bonchev–Trinajstić information content (AvgIpc) is 2.47. The molecule has 1 aliphatic heterocycles. The fraction of sp³-hybridized carbons (Fsp3) is 1.00. The second kappa shape index (κ2) is 4.87. The summed E-state index contributed by atoms with van der Waals surface area (Å²) in [6.45, 7) is 8.18. The van der Waals surface area contributed by atoms with E-state index in [1.54, 1.807) is 0 Å².